The smallest absolute Gasteiger partial charge is 0.250 e. The van der Waals surface area contributed by atoms with Crippen LogP contribution in [0.25, 0.3) is 10.9 Å². The van der Waals surface area contributed by atoms with Crippen LogP contribution in [0.1, 0.15) is 16.7 Å². The van der Waals surface area contributed by atoms with E-state index in [0.29, 0.717) is 25.1 Å². The van der Waals surface area contributed by atoms with E-state index >= 15 is 0 Å². The first-order chi connectivity index (χ1) is 18.1. The molecule has 2 saturated heterocycles. The molecule has 7 heteroatoms. The molecule has 3 aliphatic heterocycles. The Balaban J connectivity index is 1.29. The number of H-pyrrole nitrogens is 1. The number of likely N-dealkylation sites (tertiary alicyclic amines) is 1. The van der Waals surface area contributed by atoms with E-state index in [1.54, 1.807) is 0 Å². The molecule has 7 rings (SSSR count). The SMILES string of the molecule is O=C1[C@H]2[C@@H](C(=O)N1CCc1ccccc1)[C@]1(N[C@@H]2Cc2c[nH]c3ccccc23)C(=O)Nc2ccccc21. The summed E-state index contributed by atoms with van der Waals surface area (Å²) in [6, 6.07) is 25.0. The lowest BCUT2D eigenvalue weighted by Gasteiger charge is -2.29. The number of para-hydroxylation sites is 2. The highest BCUT2D eigenvalue weighted by Crippen LogP contribution is 2.53. The van der Waals surface area contributed by atoms with Gasteiger partial charge >= 0.3 is 0 Å². The Hall–Kier alpha value is -4.23. The third kappa shape index (κ3) is 3.13. The highest BCUT2D eigenvalue weighted by atomic mass is 16.2. The van der Waals surface area contributed by atoms with Crippen molar-refractivity contribution in [3.63, 3.8) is 0 Å². The lowest BCUT2D eigenvalue weighted by Crippen LogP contribution is -2.53. The van der Waals surface area contributed by atoms with Crippen LogP contribution >= 0.6 is 0 Å². The van der Waals surface area contributed by atoms with E-state index in [1.807, 2.05) is 79.0 Å². The number of fused-ring (bicyclic) bond motifs is 5. The normalized spacial score (nSPS) is 26.2. The van der Waals surface area contributed by atoms with Gasteiger partial charge in [0, 0.05) is 40.9 Å². The van der Waals surface area contributed by atoms with Gasteiger partial charge < -0.3 is 10.3 Å². The Labute approximate surface area is 213 Å². The number of anilines is 1. The maximum absolute atomic E-state index is 14.0. The van der Waals surface area contributed by atoms with Gasteiger partial charge in [-0.2, -0.15) is 0 Å². The van der Waals surface area contributed by atoms with Gasteiger partial charge in [0.15, 0.2) is 0 Å². The Kier molecular flexibility index (Phi) is 4.84. The number of aromatic nitrogens is 1. The number of carbonyl (C=O) groups excluding carboxylic acids is 3. The van der Waals surface area contributed by atoms with Gasteiger partial charge in [-0.15, -0.1) is 0 Å². The third-order valence-electron chi connectivity index (χ3n) is 8.30. The summed E-state index contributed by atoms with van der Waals surface area (Å²) < 4.78 is 0. The number of aromatic amines is 1. The van der Waals surface area contributed by atoms with Gasteiger partial charge in [0.05, 0.1) is 11.8 Å². The summed E-state index contributed by atoms with van der Waals surface area (Å²) in [4.78, 5) is 46.2. The van der Waals surface area contributed by atoms with Crippen molar-refractivity contribution >= 4 is 34.3 Å². The summed E-state index contributed by atoms with van der Waals surface area (Å²) >= 11 is 0. The van der Waals surface area contributed by atoms with E-state index in [-0.39, 0.29) is 23.8 Å². The Morgan fingerprint density at radius 3 is 2.46 bits per heavy atom. The fourth-order valence-corrected chi connectivity index (χ4v) is 6.64. The lowest BCUT2D eigenvalue weighted by atomic mass is 9.76. The Morgan fingerprint density at radius 1 is 0.838 bits per heavy atom. The Morgan fingerprint density at radius 2 is 1.59 bits per heavy atom. The van der Waals surface area contributed by atoms with Crippen molar-refractivity contribution in [3.05, 3.63) is 102 Å². The highest BCUT2D eigenvalue weighted by Gasteiger charge is 2.70. The first kappa shape index (κ1) is 22.0. The average molecular weight is 491 g/mol. The van der Waals surface area contributed by atoms with Gasteiger partial charge in [0.2, 0.25) is 17.7 Å². The van der Waals surface area contributed by atoms with Gasteiger partial charge in [-0.05, 0) is 36.1 Å². The number of hydrogen-bond donors (Lipinski definition) is 3. The molecule has 0 saturated carbocycles. The molecule has 3 aromatic carbocycles. The predicted molar refractivity (Wildman–Crippen MR) is 140 cm³/mol. The van der Waals surface area contributed by atoms with Gasteiger partial charge in [-0.3, -0.25) is 24.6 Å². The summed E-state index contributed by atoms with van der Waals surface area (Å²) in [5.74, 6) is -2.16. The molecule has 0 bridgehead atoms. The van der Waals surface area contributed by atoms with Crippen LogP contribution in [-0.2, 0) is 32.8 Å². The van der Waals surface area contributed by atoms with E-state index in [1.165, 1.54) is 4.90 Å². The molecule has 3 aliphatic rings. The minimum atomic E-state index is -1.27. The molecule has 0 radical (unpaired) electrons. The summed E-state index contributed by atoms with van der Waals surface area (Å²) in [5.41, 5.74) is 3.29. The zero-order valence-electron chi connectivity index (χ0n) is 20.1. The largest absolute Gasteiger partial charge is 0.361 e. The third-order valence-corrected chi connectivity index (χ3v) is 8.30. The molecule has 4 heterocycles. The fourth-order valence-electron chi connectivity index (χ4n) is 6.64. The molecule has 3 N–H and O–H groups in total. The summed E-state index contributed by atoms with van der Waals surface area (Å²) in [7, 11) is 0. The molecule has 1 spiro atoms. The van der Waals surface area contributed by atoms with Crippen molar-refractivity contribution in [2.75, 3.05) is 11.9 Å². The van der Waals surface area contributed by atoms with E-state index in [4.69, 9.17) is 0 Å². The quantitative estimate of drug-likeness (QED) is 0.374. The maximum Gasteiger partial charge on any atom is 0.250 e. The summed E-state index contributed by atoms with van der Waals surface area (Å²) in [6.07, 6.45) is 3.06. The van der Waals surface area contributed by atoms with Crippen LogP contribution in [0.3, 0.4) is 0 Å². The fraction of sp³-hybridized carbons (Fsp3) is 0.233. The first-order valence-electron chi connectivity index (χ1n) is 12.7. The van der Waals surface area contributed by atoms with Crippen LogP contribution in [0.15, 0.2) is 85.1 Å². The number of nitrogens with zero attached hydrogens (tertiary/aromatic N) is 1. The molecule has 7 nitrogen and oxygen atoms in total. The number of benzene rings is 3. The molecule has 1 aromatic heterocycles. The second kappa shape index (κ2) is 8.15. The molecular formula is C30H26N4O3. The number of imide groups is 1. The summed E-state index contributed by atoms with van der Waals surface area (Å²) in [6.45, 7) is 0.299. The first-order valence-corrected chi connectivity index (χ1v) is 12.7. The van der Waals surface area contributed by atoms with E-state index in [2.05, 4.69) is 21.7 Å². The van der Waals surface area contributed by atoms with Crippen LogP contribution in [0.5, 0.6) is 0 Å². The average Bonchev–Trinajstić information content (AvgIpc) is 3.63. The molecule has 4 atom stereocenters. The predicted octanol–water partition coefficient (Wildman–Crippen LogP) is 3.37. The van der Waals surface area contributed by atoms with Crippen molar-refractivity contribution in [2.24, 2.45) is 11.8 Å². The van der Waals surface area contributed by atoms with Crippen LogP contribution in [-0.4, -0.2) is 40.2 Å². The van der Waals surface area contributed by atoms with Gasteiger partial charge in [0.25, 0.3) is 0 Å². The minimum Gasteiger partial charge on any atom is -0.361 e. The number of amides is 3. The summed E-state index contributed by atoms with van der Waals surface area (Å²) in [5, 5.41) is 7.59. The molecule has 0 aliphatic carbocycles. The number of carbonyl (C=O) groups is 3. The molecule has 0 unspecified atom stereocenters. The number of rotatable bonds is 5. The van der Waals surface area contributed by atoms with Gasteiger partial charge in [-0.1, -0.05) is 66.7 Å². The highest BCUT2D eigenvalue weighted by molar-refractivity contribution is 6.15. The topological polar surface area (TPSA) is 94.3 Å². The van der Waals surface area contributed by atoms with Crippen molar-refractivity contribution < 1.29 is 14.4 Å². The minimum absolute atomic E-state index is 0.197. The van der Waals surface area contributed by atoms with Crippen LogP contribution < -0.4 is 10.6 Å². The van der Waals surface area contributed by atoms with E-state index in [9.17, 15) is 14.4 Å². The molecule has 3 amide bonds. The van der Waals surface area contributed by atoms with Crippen LogP contribution in [0.4, 0.5) is 5.69 Å². The van der Waals surface area contributed by atoms with Crippen molar-refractivity contribution in [3.8, 4) is 0 Å². The Bertz CT molecular complexity index is 1560. The van der Waals surface area contributed by atoms with Crippen LogP contribution in [0, 0.1) is 11.8 Å². The van der Waals surface area contributed by atoms with Crippen molar-refractivity contribution in [2.45, 2.75) is 24.4 Å². The zero-order chi connectivity index (χ0) is 25.1. The second-order valence-electron chi connectivity index (χ2n) is 10.2. The maximum atomic E-state index is 14.0. The second-order valence-corrected chi connectivity index (χ2v) is 10.2. The van der Waals surface area contributed by atoms with Gasteiger partial charge in [-0.25, -0.2) is 0 Å². The zero-order valence-corrected chi connectivity index (χ0v) is 20.1. The monoisotopic (exact) mass is 490 g/mol. The molecule has 4 aromatic rings. The van der Waals surface area contributed by atoms with E-state index < -0.39 is 17.4 Å². The molecule has 2 fully saturated rings. The molecular weight excluding hydrogens is 464 g/mol. The number of nitrogens with one attached hydrogen (secondary N) is 3. The van der Waals surface area contributed by atoms with Crippen molar-refractivity contribution in [1.82, 2.24) is 15.2 Å². The standard InChI is InChI=1S/C30H26N4O3/c35-27-25-24(16-19-17-31-22-12-6-4-10-20(19)22)33-30(21-11-5-7-13-23(21)32-29(30)37)26(25)28(36)34(27)15-14-18-8-2-1-3-9-18/h1-13,17,24-26,31,33H,14-16H2,(H,32,37)/t24-,25-,26+,30+/m1/s1. The van der Waals surface area contributed by atoms with Crippen molar-refractivity contribution in [1.29, 1.82) is 0 Å². The number of hydrogen-bond acceptors (Lipinski definition) is 4. The molecule has 37 heavy (non-hydrogen) atoms. The van der Waals surface area contributed by atoms with E-state index in [0.717, 1.165) is 27.6 Å². The molecule has 184 valence electrons. The van der Waals surface area contributed by atoms with Crippen LogP contribution in [0.2, 0.25) is 0 Å². The lowest BCUT2D eigenvalue weighted by molar-refractivity contribution is -0.142. The van der Waals surface area contributed by atoms with Gasteiger partial charge in [0.1, 0.15) is 5.54 Å².